The van der Waals surface area contributed by atoms with Crippen molar-refractivity contribution in [2.45, 2.75) is 44.9 Å². The second kappa shape index (κ2) is 11.9. The molecule has 4 amide bonds. The normalized spacial score (nSPS) is 19.1. The molecule has 5 rings (SSSR count). The van der Waals surface area contributed by atoms with E-state index in [0.29, 0.717) is 24.6 Å². The van der Waals surface area contributed by atoms with Gasteiger partial charge in [0.25, 0.3) is 0 Å². The van der Waals surface area contributed by atoms with Gasteiger partial charge < -0.3 is 25.8 Å². The number of fused-ring (bicyclic) bond motifs is 2. The van der Waals surface area contributed by atoms with Crippen molar-refractivity contribution in [1.29, 1.82) is 0 Å². The number of carbonyl (C=O) groups is 3. The van der Waals surface area contributed by atoms with Crippen LogP contribution in [0.3, 0.4) is 0 Å². The fourth-order valence-electron chi connectivity index (χ4n) is 5.56. The molecular weight excluding hydrogens is 540 g/mol. The van der Waals surface area contributed by atoms with E-state index in [-0.39, 0.29) is 30.9 Å². The molecule has 1 aromatic heterocycles. The van der Waals surface area contributed by atoms with Crippen LogP contribution in [-0.2, 0) is 22.6 Å². The number of piperazine rings is 1. The number of urea groups is 1. The number of hydrogen-bond acceptors (Lipinski definition) is 8. The van der Waals surface area contributed by atoms with Crippen LogP contribution in [0, 0.1) is 0 Å². The molecule has 0 radical (unpaired) electrons. The number of thiazole rings is 1. The maximum Gasteiger partial charge on any atom is 0.331 e. The highest BCUT2D eigenvalue weighted by Gasteiger charge is 2.51. The summed E-state index contributed by atoms with van der Waals surface area (Å²) in [6.45, 7) is 3.25. The number of nitrogens with two attached hydrogens (primary N) is 1. The summed E-state index contributed by atoms with van der Waals surface area (Å²) in [6, 6.07) is 12.9. The average Bonchev–Trinajstić information content (AvgIpc) is 3.50. The molecule has 0 unspecified atom stereocenters. The molecule has 41 heavy (non-hydrogen) atoms. The maximum atomic E-state index is 14.1. The number of para-hydroxylation sites is 1. The Morgan fingerprint density at radius 3 is 2.61 bits per heavy atom. The molecule has 218 valence electrons. The Hall–Kier alpha value is -3.90. The molecule has 12 heteroatoms. The van der Waals surface area contributed by atoms with E-state index in [0.717, 1.165) is 39.9 Å². The molecule has 2 aromatic carbocycles. The molecule has 2 saturated heterocycles. The van der Waals surface area contributed by atoms with E-state index in [4.69, 9.17) is 5.73 Å². The van der Waals surface area contributed by atoms with Gasteiger partial charge in [0.2, 0.25) is 11.8 Å². The number of amides is 4. The van der Waals surface area contributed by atoms with E-state index in [2.05, 4.69) is 17.2 Å². The Bertz CT molecular complexity index is 1430. The molecule has 11 nitrogen and oxygen atoms in total. The number of rotatable bonds is 9. The van der Waals surface area contributed by atoms with Gasteiger partial charge in [-0.15, -0.1) is 0 Å². The Balaban J connectivity index is 1.46. The predicted octanol–water partition coefficient (Wildman–Crippen LogP) is 2.72. The SMILES string of the molecule is CCCCNC(=O)N(C)N1CC(=O)N2[C@@H](Cc3ccc(N(C)C)cc3)C(=O)N(Cc3cccc4sc(N)nc34)C[C@@H]21. The first-order valence-electron chi connectivity index (χ1n) is 14.0. The molecular formula is C29H38N8O3S. The maximum absolute atomic E-state index is 14.1. The molecule has 0 saturated carbocycles. The van der Waals surface area contributed by atoms with Crippen molar-refractivity contribution < 1.29 is 14.4 Å². The molecule has 3 aromatic rings. The lowest BCUT2D eigenvalue weighted by molar-refractivity contribution is -0.157. The quantitative estimate of drug-likeness (QED) is 0.375. The lowest BCUT2D eigenvalue weighted by atomic mass is 9.99. The first-order chi connectivity index (χ1) is 19.7. The van der Waals surface area contributed by atoms with Gasteiger partial charge in [-0.2, -0.15) is 5.01 Å². The van der Waals surface area contributed by atoms with Crippen LogP contribution in [-0.4, -0.2) is 95.6 Å². The van der Waals surface area contributed by atoms with Gasteiger partial charge in [0.1, 0.15) is 12.2 Å². The Labute approximate surface area is 244 Å². The Morgan fingerprint density at radius 1 is 1.15 bits per heavy atom. The average molecular weight is 579 g/mol. The molecule has 0 aliphatic carbocycles. The summed E-state index contributed by atoms with van der Waals surface area (Å²) >= 11 is 1.41. The Kier molecular flexibility index (Phi) is 8.32. The minimum atomic E-state index is -0.701. The molecule has 3 N–H and O–H groups in total. The van der Waals surface area contributed by atoms with Crippen LogP contribution in [0.2, 0.25) is 0 Å². The van der Waals surface area contributed by atoms with Gasteiger partial charge in [-0.25, -0.2) is 9.78 Å². The largest absolute Gasteiger partial charge is 0.378 e. The number of carbonyl (C=O) groups excluding carboxylic acids is 3. The van der Waals surface area contributed by atoms with Crippen LogP contribution in [0.15, 0.2) is 42.5 Å². The number of nitrogen functional groups attached to an aromatic ring is 1. The number of hydrazine groups is 1. The standard InChI is InChI=1S/C29H38N8O3S/c1-5-6-14-31-29(40)34(4)36-18-25(38)37-22(15-19-10-12-21(13-11-19)33(2)3)27(39)35(17-24(36)37)16-20-8-7-9-23-26(20)32-28(30)41-23/h7-13,22,24H,5-6,14-18H2,1-4H3,(H2,30,32)(H,31,40)/t22-,24+/m0/s1. The third-order valence-corrected chi connectivity index (χ3v) is 8.66. The number of hydrogen-bond donors (Lipinski definition) is 2. The van der Waals surface area contributed by atoms with E-state index < -0.39 is 12.2 Å². The van der Waals surface area contributed by atoms with E-state index in [1.54, 1.807) is 21.9 Å². The summed E-state index contributed by atoms with van der Waals surface area (Å²) in [5, 5.41) is 6.66. The van der Waals surface area contributed by atoms with Crippen LogP contribution >= 0.6 is 11.3 Å². The van der Waals surface area contributed by atoms with Crippen molar-refractivity contribution in [2.24, 2.45) is 0 Å². The van der Waals surface area contributed by atoms with E-state index >= 15 is 0 Å². The number of unbranched alkanes of at least 4 members (excludes halogenated alkanes) is 1. The monoisotopic (exact) mass is 578 g/mol. The van der Waals surface area contributed by atoms with E-state index in [1.807, 2.05) is 61.5 Å². The topological polar surface area (TPSA) is 118 Å². The third-order valence-electron chi connectivity index (χ3n) is 7.81. The summed E-state index contributed by atoms with van der Waals surface area (Å²) in [4.78, 5) is 50.5. The van der Waals surface area contributed by atoms with Crippen LogP contribution in [0.25, 0.3) is 10.2 Å². The van der Waals surface area contributed by atoms with Gasteiger partial charge in [-0.05, 0) is 35.7 Å². The van der Waals surface area contributed by atoms with E-state index in [1.165, 1.54) is 16.3 Å². The molecule has 2 fully saturated rings. The van der Waals surface area contributed by atoms with Crippen LogP contribution in [0.1, 0.15) is 30.9 Å². The van der Waals surface area contributed by atoms with Crippen LogP contribution < -0.4 is 16.0 Å². The van der Waals surface area contributed by atoms with Crippen molar-refractivity contribution in [3.8, 4) is 0 Å². The first kappa shape index (κ1) is 28.6. The van der Waals surface area contributed by atoms with Crippen molar-refractivity contribution in [1.82, 2.24) is 30.1 Å². The molecule has 3 heterocycles. The lowest BCUT2D eigenvalue weighted by Gasteiger charge is -2.45. The summed E-state index contributed by atoms with van der Waals surface area (Å²) < 4.78 is 0.963. The second-order valence-corrected chi connectivity index (χ2v) is 11.9. The minimum absolute atomic E-state index is 0.0255. The third kappa shape index (κ3) is 5.80. The molecule has 0 spiro atoms. The molecule has 0 bridgehead atoms. The van der Waals surface area contributed by atoms with Crippen molar-refractivity contribution >= 4 is 50.2 Å². The van der Waals surface area contributed by atoms with E-state index in [9.17, 15) is 14.4 Å². The smallest absolute Gasteiger partial charge is 0.331 e. The van der Waals surface area contributed by atoms with Gasteiger partial charge in [-0.3, -0.25) is 14.6 Å². The second-order valence-electron chi connectivity index (χ2n) is 10.8. The summed E-state index contributed by atoms with van der Waals surface area (Å²) in [7, 11) is 5.63. The number of benzene rings is 2. The van der Waals surface area contributed by atoms with Crippen LogP contribution in [0.5, 0.6) is 0 Å². The molecule has 2 aliphatic heterocycles. The minimum Gasteiger partial charge on any atom is -0.378 e. The van der Waals surface area contributed by atoms with Gasteiger partial charge in [0.15, 0.2) is 5.13 Å². The molecule has 2 atom stereocenters. The molecule has 2 aliphatic rings. The zero-order valence-corrected chi connectivity index (χ0v) is 24.9. The van der Waals surface area contributed by atoms with Gasteiger partial charge in [-0.1, -0.05) is 48.9 Å². The zero-order valence-electron chi connectivity index (χ0n) is 24.0. The number of anilines is 2. The summed E-state index contributed by atoms with van der Waals surface area (Å²) in [5.74, 6) is -0.288. The number of aromatic nitrogens is 1. The lowest BCUT2D eigenvalue weighted by Crippen LogP contribution is -2.65. The fraction of sp³-hybridized carbons (Fsp3) is 0.448. The predicted molar refractivity (Wildman–Crippen MR) is 161 cm³/mol. The zero-order chi connectivity index (χ0) is 29.3. The number of nitrogens with one attached hydrogen (secondary N) is 1. The highest BCUT2D eigenvalue weighted by molar-refractivity contribution is 7.22. The fourth-order valence-corrected chi connectivity index (χ4v) is 6.34. The van der Waals surface area contributed by atoms with Crippen LogP contribution in [0.4, 0.5) is 15.6 Å². The van der Waals surface area contributed by atoms with Gasteiger partial charge >= 0.3 is 6.03 Å². The summed E-state index contributed by atoms with van der Waals surface area (Å²) in [5.41, 5.74) is 9.69. The first-order valence-corrected chi connectivity index (χ1v) is 14.8. The Morgan fingerprint density at radius 2 is 1.90 bits per heavy atom. The van der Waals surface area contributed by atoms with Crippen molar-refractivity contribution in [3.05, 3.63) is 53.6 Å². The van der Waals surface area contributed by atoms with Gasteiger partial charge in [0.05, 0.1) is 23.3 Å². The highest BCUT2D eigenvalue weighted by atomic mass is 32.1. The van der Waals surface area contributed by atoms with Crippen molar-refractivity contribution in [2.75, 3.05) is 51.4 Å². The summed E-state index contributed by atoms with van der Waals surface area (Å²) in [6.07, 6.45) is 1.73. The highest BCUT2D eigenvalue weighted by Crippen LogP contribution is 2.32. The van der Waals surface area contributed by atoms with Crippen molar-refractivity contribution in [3.63, 3.8) is 0 Å². The number of nitrogens with zero attached hydrogens (tertiary/aromatic N) is 6. The van der Waals surface area contributed by atoms with Gasteiger partial charge in [0, 0.05) is 46.3 Å².